The maximum atomic E-state index is 13.1. The normalized spacial score (nSPS) is 32.6. The van der Waals surface area contributed by atoms with Crippen LogP contribution in [0.25, 0.3) is 0 Å². The van der Waals surface area contributed by atoms with E-state index in [1.807, 2.05) is 30.0 Å². The van der Waals surface area contributed by atoms with Gasteiger partial charge in [0.1, 0.15) is 0 Å². The van der Waals surface area contributed by atoms with Gasteiger partial charge in [-0.15, -0.1) is 0 Å². The summed E-state index contributed by atoms with van der Waals surface area (Å²) in [6, 6.07) is 8.19. The molecular weight excluding hydrogens is 312 g/mol. The second kappa shape index (κ2) is 5.33. The molecular formula is C21H28N2O2. The number of carbonyl (C=O) groups excluding carboxylic acids is 2. The summed E-state index contributed by atoms with van der Waals surface area (Å²) < 4.78 is 0. The number of nitrogens with zero attached hydrogens (tertiary/aromatic N) is 2. The number of fused-ring (bicyclic) bond motifs is 3. The highest BCUT2D eigenvalue weighted by Crippen LogP contribution is 2.52. The maximum Gasteiger partial charge on any atom is 0.316 e. The van der Waals surface area contributed by atoms with E-state index in [1.165, 1.54) is 0 Å². The first-order valence-corrected chi connectivity index (χ1v) is 9.41. The summed E-state index contributed by atoms with van der Waals surface area (Å²) in [5.74, 6) is -0.665. The van der Waals surface area contributed by atoms with Gasteiger partial charge in [-0.1, -0.05) is 39.0 Å². The molecule has 2 heterocycles. The van der Waals surface area contributed by atoms with Crippen molar-refractivity contribution >= 4 is 17.5 Å². The van der Waals surface area contributed by atoms with Gasteiger partial charge in [-0.05, 0) is 55.1 Å². The van der Waals surface area contributed by atoms with Gasteiger partial charge in [0.25, 0.3) is 0 Å². The Bertz CT molecular complexity index is 741. The van der Waals surface area contributed by atoms with Crippen molar-refractivity contribution < 1.29 is 9.59 Å². The van der Waals surface area contributed by atoms with Crippen molar-refractivity contribution in [3.05, 3.63) is 29.8 Å². The minimum atomic E-state index is -0.355. The molecule has 1 aromatic carbocycles. The summed E-state index contributed by atoms with van der Waals surface area (Å²) in [5, 5.41) is 0. The lowest BCUT2D eigenvalue weighted by molar-refractivity contribution is -0.145. The van der Waals surface area contributed by atoms with Crippen LogP contribution < -0.4 is 4.90 Å². The van der Waals surface area contributed by atoms with E-state index in [0.717, 1.165) is 43.5 Å². The highest BCUT2D eigenvalue weighted by Gasteiger charge is 2.52. The van der Waals surface area contributed by atoms with Crippen LogP contribution in [0, 0.1) is 10.8 Å². The van der Waals surface area contributed by atoms with E-state index in [0.29, 0.717) is 0 Å². The molecule has 0 spiro atoms. The van der Waals surface area contributed by atoms with Crippen molar-refractivity contribution in [2.24, 2.45) is 10.8 Å². The molecule has 4 nitrogen and oxygen atoms in total. The first-order chi connectivity index (χ1) is 11.7. The zero-order valence-electron chi connectivity index (χ0n) is 15.7. The third-order valence-corrected chi connectivity index (χ3v) is 6.28. The van der Waals surface area contributed by atoms with Crippen LogP contribution in [-0.2, 0) is 16.0 Å². The summed E-state index contributed by atoms with van der Waals surface area (Å²) in [4.78, 5) is 29.8. The SMILES string of the molecule is CC1Cc2ccccc2N1C(=O)C(=O)N1CC2(C)CC1CC(C)(C)C2. The van der Waals surface area contributed by atoms with Gasteiger partial charge in [0, 0.05) is 24.3 Å². The highest BCUT2D eigenvalue weighted by atomic mass is 16.2. The van der Waals surface area contributed by atoms with E-state index in [4.69, 9.17) is 0 Å². The quantitative estimate of drug-likeness (QED) is 0.679. The molecule has 2 fully saturated rings. The number of amides is 2. The second-order valence-corrected chi connectivity index (χ2v) is 9.50. The van der Waals surface area contributed by atoms with Gasteiger partial charge in [-0.3, -0.25) is 9.59 Å². The number of hydrogen-bond acceptors (Lipinski definition) is 2. The smallest absolute Gasteiger partial charge is 0.316 e. The van der Waals surface area contributed by atoms with Gasteiger partial charge in [-0.25, -0.2) is 0 Å². The van der Waals surface area contributed by atoms with E-state index in [1.54, 1.807) is 4.90 Å². The van der Waals surface area contributed by atoms with Crippen molar-refractivity contribution in [2.45, 2.75) is 65.5 Å². The Labute approximate surface area is 150 Å². The van der Waals surface area contributed by atoms with Gasteiger partial charge in [0.05, 0.1) is 0 Å². The molecule has 0 radical (unpaired) electrons. The average Bonchev–Trinajstić information content (AvgIpc) is 2.97. The van der Waals surface area contributed by atoms with Crippen LogP contribution in [0.2, 0.25) is 0 Å². The van der Waals surface area contributed by atoms with Crippen molar-refractivity contribution in [1.29, 1.82) is 0 Å². The van der Waals surface area contributed by atoms with Crippen molar-refractivity contribution in [3.8, 4) is 0 Å². The van der Waals surface area contributed by atoms with E-state index >= 15 is 0 Å². The molecule has 1 aliphatic carbocycles. The van der Waals surface area contributed by atoms with E-state index in [9.17, 15) is 9.59 Å². The van der Waals surface area contributed by atoms with Crippen molar-refractivity contribution in [3.63, 3.8) is 0 Å². The summed E-state index contributed by atoms with van der Waals surface area (Å²) in [7, 11) is 0. The van der Waals surface area contributed by atoms with Gasteiger partial charge < -0.3 is 9.80 Å². The van der Waals surface area contributed by atoms with Crippen LogP contribution in [0.5, 0.6) is 0 Å². The summed E-state index contributed by atoms with van der Waals surface area (Å²) in [5.41, 5.74) is 2.45. The molecule has 2 bridgehead atoms. The number of benzene rings is 1. The lowest BCUT2D eigenvalue weighted by atomic mass is 9.65. The molecule has 134 valence electrons. The Morgan fingerprint density at radius 2 is 1.80 bits per heavy atom. The number of carbonyl (C=O) groups is 2. The number of rotatable bonds is 0. The molecule has 4 heteroatoms. The zero-order valence-corrected chi connectivity index (χ0v) is 15.7. The van der Waals surface area contributed by atoms with Gasteiger partial charge in [0.15, 0.2) is 0 Å². The van der Waals surface area contributed by atoms with Crippen LogP contribution in [0.15, 0.2) is 24.3 Å². The Balaban J connectivity index is 1.59. The van der Waals surface area contributed by atoms with Crippen LogP contribution in [0.1, 0.15) is 52.5 Å². The molecule has 25 heavy (non-hydrogen) atoms. The lowest BCUT2D eigenvalue weighted by Gasteiger charge is -2.39. The summed E-state index contributed by atoms with van der Waals surface area (Å²) in [6.45, 7) is 9.58. The molecule has 2 aliphatic heterocycles. The fourth-order valence-electron chi connectivity index (χ4n) is 5.80. The minimum Gasteiger partial charge on any atom is -0.331 e. The predicted octanol–water partition coefficient (Wildman–Crippen LogP) is 3.39. The molecule has 3 atom stereocenters. The van der Waals surface area contributed by atoms with Crippen LogP contribution in [-0.4, -0.2) is 35.3 Å². The molecule has 0 N–H and O–H groups in total. The molecule has 1 saturated carbocycles. The topological polar surface area (TPSA) is 40.6 Å². The molecule has 1 saturated heterocycles. The van der Waals surface area contributed by atoms with Crippen LogP contribution >= 0.6 is 0 Å². The largest absolute Gasteiger partial charge is 0.331 e. The molecule has 3 aliphatic rings. The van der Waals surface area contributed by atoms with Gasteiger partial charge >= 0.3 is 11.8 Å². The van der Waals surface area contributed by atoms with Gasteiger partial charge in [0.2, 0.25) is 0 Å². The van der Waals surface area contributed by atoms with Crippen molar-refractivity contribution in [2.75, 3.05) is 11.4 Å². The average molecular weight is 340 g/mol. The van der Waals surface area contributed by atoms with E-state index < -0.39 is 0 Å². The highest BCUT2D eigenvalue weighted by molar-refractivity contribution is 6.40. The van der Waals surface area contributed by atoms with Crippen LogP contribution in [0.3, 0.4) is 0 Å². The number of likely N-dealkylation sites (tertiary alicyclic amines) is 1. The van der Waals surface area contributed by atoms with Crippen molar-refractivity contribution in [1.82, 2.24) is 4.90 Å². The second-order valence-electron chi connectivity index (χ2n) is 9.50. The molecule has 4 rings (SSSR count). The third kappa shape index (κ3) is 2.66. The molecule has 0 aromatic heterocycles. The monoisotopic (exact) mass is 340 g/mol. The number of para-hydroxylation sites is 1. The summed E-state index contributed by atoms with van der Waals surface area (Å²) in [6.07, 6.45) is 3.97. The Kier molecular flexibility index (Phi) is 3.54. The summed E-state index contributed by atoms with van der Waals surface area (Å²) >= 11 is 0. The number of anilines is 1. The molecule has 2 amide bonds. The Hall–Kier alpha value is -1.84. The maximum absolute atomic E-state index is 13.1. The van der Waals surface area contributed by atoms with Crippen LogP contribution in [0.4, 0.5) is 5.69 Å². The van der Waals surface area contributed by atoms with Gasteiger partial charge in [-0.2, -0.15) is 0 Å². The molecule has 1 aromatic rings. The molecule has 3 unspecified atom stereocenters. The zero-order chi connectivity index (χ0) is 18.0. The Morgan fingerprint density at radius 3 is 2.56 bits per heavy atom. The van der Waals surface area contributed by atoms with E-state index in [2.05, 4.69) is 26.8 Å². The third-order valence-electron chi connectivity index (χ3n) is 6.28. The lowest BCUT2D eigenvalue weighted by Crippen LogP contribution is -2.49. The first kappa shape index (κ1) is 16.6. The van der Waals surface area contributed by atoms with E-state index in [-0.39, 0.29) is 34.7 Å². The standard InChI is InChI=1S/C21H28N2O2/c1-14-9-15-7-5-6-8-17(15)23(14)19(25)18(24)22-13-21(4)11-16(22)10-20(2,3)12-21/h5-8,14,16H,9-13H2,1-4H3. The fraction of sp³-hybridized carbons (Fsp3) is 0.619. The first-order valence-electron chi connectivity index (χ1n) is 9.41. The number of hydrogen-bond donors (Lipinski definition) is 0. The predicted molar refractivity (Wildman–Crippen MR) is 98.3 cm³/mol. The fourth-order valence-corrected chi connectivity index (χ4v) is 5.80. The Morgan fingerprint density at radius 1 is 1.08 bits per heavy atom. The minimum absolute atomic E-state index is 0.0443.